The van der Waals surface area contributed by atoms with Crippen LogP contribution in [0.1, 0.15) is 11.1 Å². The SMILES string of the molecule is O=C1N(Cc2cccc3ccccc23)c2ccccc2C12Nc1cccc3cccc(c13)N2. The Morgan fingerprint density at radius 3 is 2.12 bits per heavy atom. The number of para-hydroxylation sites is 1. The molecule has 2 aliphatic heterocycles. The van der Waals surface area contributed by atoms with E-state index in [1.807, 2.05) is 47.4 Å². The number of fused-ring (bicyclic) bond motifs is 3. The third-order valence-electron chi connectivity index (χ3n) is 6.92. The molecule has 0 atom stereocenters. The van der Waals surface area contributed by atoms with Crippen molar-refractivity contribution in [3.8, 4) is 0 Å². The molecule has 0 bridgehead atoms. The van der Waals surface area contributed by atoms with Gasteiger partial charge < -0.3 is 15.5 Å². The summed E-state index contributed by atoms with van der Waals surface area (Å²) < 4.78 is 0. The molecule has 0 aromatic heterocycles. The number of amides is 1. The van der Waals surface area contributed by atoms with Crippen LogP contribution >= 0.6 is 0 Å². The van der Waals surface area contributed by atoms with Crippen molar-refractivity contribution >= 4 is 44.5 Å². The summed E-state index contributed by atoms with van der Waals surface area (Å²) in [6.07, 6.45) is 0. The number of nitrogens with zero attached hydrogens (tertiary/aromatic N) is 1. The first-order valence-corrected chi connectivity index (χ1v) is 11.2. The van der Waals surface area contributed by atoms with E-state index in [1.54, 1.807) is 0 Å². The van der Waals surface area contributed by atoms with Crippen molar-refractivity contribution in [2.45, 2.75) is 12.2 Å². The number of hydrogen-bond donors (Lipinski definition) is 2. The molecule has 1 spiro atoms. The van der Waals surface area contributed by atoms with Gasteiger partial charge in [-0.2, -0.15) is 0 Å². The molecule has 4 heteroatoms. The first-order valence-electron chi connectivity index (χ1n) is 11.2. The summed E-state index contributed by atoms with van der Waals surface area (Å²) in [4.78, 5) is 16.1. The Balaban J connectivity index is 1.38. The number of nitrogens with one attached hydrogen (secondary N) is 2. The van der Waals surface area contributed by atoms with Gasteiger partial charge in [0, 0.05) is 22.3 Å². The maximum Gasteiger partial charge on any atom is 0.278 e. The van der Waals surface area contributed by atoms with Crippen LogP contribution in [0.25, 0.3) is 21.5 Å². The topological polar surface area (TPSA) is 44.4 Å². The molecule has 2 heterocycles. The van der Waals surface area contributed by atoms with Crippen LogP contribution in [-0.4, -0.2) is 5.91 Å². The second-order valence-corrected chi connectivity index (χ2v) is 8.76. The van der Waals surface area contributed by atoms with Gasteiger partial charge in [0.05, 0.1) is 12.2 Å². The number of benzene rings is 5. The summed E-state index contributed by atoms with van der Waals surface area (Å²) in [5, 5.41) is 11.8. The molecule has 5 aromatic carbocycles. The highest BCUT2D eigenvalue weighted by Crippen LogP contribution is 2.48. The van der Waals surface area contributed by atoms with Gasteiger partial charge in [0.2, 0.25) is 5.66 Å². The highest BCUT2D eigenvalue weighted by Gasteiger charge is 2.53. The van der Waals surface area contributed by atoms with Crippen LogP contribution in [-0.2, 0) is 17.0 Å². The van der Waals surface area contributed by atoms with Crippen molar-refractivity contribution in [1.82, 2.24) is 0 Å². The van der Waals surface area contributed by atoms with Gasteiger partial charge in [-0.15, -0.1) is 0 Å². The Labute approximate surface area is 191 Å². The van der Waals surface area contributed by atoms with Crippen LogP contribution in [0.3, 0.4) is 0 Å². The quantitative estimate of drug-likeness (QED) is 0.351. The van der Waals surface area contributed by atoms with Gasteiger partial charge in [0.15, 0.2) is 0 Å². The van der Waals surface area contributed by atoms with E-state index in [2.05, 4.69) is 71.3 Å². The number of carbonyl (C=O) groups is 1. The van der Waals surface area contributed by atoms with Gasteiger partial charge in [-0.1, -0.05) is 84.9 Å². The fourth-order valence-electron chi connectivity index (χ4n) is 5.44. The molecule has 0 aliphatic carbocycles. The van der Waals surface area contributed by atoms with Crippen LogP contribution in [0.15, 0.2) is 103 Å². The van der Waals surface area contributed by atoms with E-state index in [0.29, 0.717) is 6.54 Å². The molecule has 2 N–H and O–H groups in total. The molecule has 0 unspecified atom stereocenters. The van der Waals surface area contributed by atoms with E-state index in [0.717, 1.165) is 39.0 Å². The van der Waals surface area contributed by atoms with Crippen molar-refractivity contribution < 1.29 is 4.79 Å². The largest absolute Gasteiger partial charge is 0.351 e. The van der Waals surface area contributed by atoms with Gasteiger partial charge in [0.25, 0.3) is 5.91 Å². The number of hydrogen-bond acceptors (Lipinski definition) is 3. The molecule has 33 heavy (non-hydrogen) atoms. The monoisotopic (exact) mass is 427 g/mol. The van der Waals surface area contributed by atoms with Crippen molar-refractivity contribution in [2.75, 3.05) is 15.5 Å². The van der Waals surface area contributed by atoms with Crippen molar-refractivity contribution in [3.63, 3.8) is 0 Å². The van der Waals surface area contributed by atoms with Gasteiger partial charge >= 0.3 is 0 Å². The molecule has 1 amide bonds. The van der Waals surface area contributed by atoms with Crippen LogP contribution in [0.4, 0.5) is 17.1 Å². The molecule has 5 aromatic rings. The first-order chi connectivity index (χ1) is 16.2. The maximum atomic E-state index is 14.2. The van der Waals surface area contributed by atoms with Crippen LogP contribution in [0, 0.1) is 0 Å². The lowest BCUT2D eigenvalue weighted by Gasteiger charge is -2.37. The van der Waals surface area contributed by atoms with Crippen LogP contribution in [0.2, 0.25) is 0 Å². The lowest BCUT2D eigenvalue weighted by atomic mass is 9.94. The molecule has 7 rings (SSSR count). The third-order valence-corrected chi connectivity index (χ3v) is 6.92. The molecular weight excluding hydrogens is 406 g/mol. The summed E-state index contributed by atoms with van der Waals surface area (Å²) in [7, 11) is 0. The summed E-state index contributed by atoms with van der Waals surface area (Å²) in [5.41, 5.74) is 3.91. The Morgan fingerprint density at radius 1 is 0.667 bits per heavy atom. The van der Waals surface area contributed by atoms with E-state index < -0.39 is 5.66 Å². The third kappa shape index (κ3) is 2.49. The molecule has 158 valence electrons. The number of anilines is 3. The fourth-order valence-corrected chi connectivity index (χ4v) is 5.44. The zero-order valence-electron chi connectivity index (χ0n) is 17.9. The van der Waals surface area contributed by atoms with Gasteiger partial charge in [-0.25, -0.2) is 0 Å². The molecule has 0 saturated carbocycles. The molecular formula is C29H21N3O. The summed E-state index contributed by atoms with van der Waals surface area (Å²) in [5.74, 6) is 0.00291. The normalized spacial score (nSPS) is 15.5. The van der Waals surface area contributed by atoms with E-state index in [9.17, 15) is 4.79 Å². The zero-order valence-corrected chi connectivity index (χ0v) is 17.9. The number of carbonyl (C=O) groups excluding carboxylic acids is 1. The minimum atomic E-state index is -1.04. The van der Waals surface area contributed by atoms with Gasteiger partial charge in [0.1, 0.15) is 0 Å². The highest BCUT2D eigenvalue weighted by molar-refractivity contribution is 6.16. The van der Waals surface area contributed by atoms with Crippen LogP contribution < -0.4 is 15.5 Å². The van der Waals surface area contributed by atoms with E-state index in [1.165, 1.54) is 10.8 Å². The fraction of sp³-hybridized carbons (Fsp3) is 0.0690. The Hall–Kier alpha value is -4.31. The van der Waals surface area contributed by atoms with Crippen LogP contribution in [0.5, 0.6) is 0 Å². The maximum absolute atomic E-state index is 14.2. The summed E-state index contributed by atoms with van der Waals surface area (Å²) in [6, 6.07) is 35.1. The van der Waals surface area contributed by atoms with E-state index in [-0.39, 0.29) is 5.91 Å². The zero-order chi connectivity index (χ0) is 22.0. The number of rotatable bonds is 2. The predicted octanol–water partition coefficient (Wildman–Crippen LogP) is 6.23. The summed E-state index contributed by atoms with van der Waals surface area (Å²) >= 11 is 0. The minimum Gasteiger partial charge on any atom is -0.351 e. The standard InChI is InChI=1S/C29H21N3O/c33-28-29(30-24-15-6-10-20-11-7-16-25(31-29)27(20)24)23-14-3-4-17-26(23)32(28)18-21-12-5-9-19-8-1-2-13-22(19)21/h1-17,30-31H,18H2. The molecule has 0 saturated heterocycles. The minimum absolute atomic E-state index is 0.00291. The second-order valence-electron chi connectivity index (χ2n) is 8.76. The highest BCUT2D eigenvalue weighted by atomic mass is 16.2. The predicted molar refractivity (Wildman–Crippen MR) is 134 cm³/mol. The first kappa shape index (κ1) is 18.3. The van der Waals surface area contributed by atoms with E-state index in [4.69, 9.17) is 0 Å². The molecule has 0 radical (unpaired) electrons. The Bertz CT molecular complexity index is 1540. The average molecular weight is 428 g/mol. The lowest BCUT2D eigenvalue weighted by molar-refractivity contribution is -0.121. The second kappa shape index (κ2) is 6.59. The Morgan fingerprint density at radius 2 is 1.30 bits per heavy atom. The lowest BCUT2D eigenvalue weighted by Crippen LogP contribution is -2.53. The van der Waals surface area contributed by atoms with Crippen molar-refractivity contribution in [1.29, 1.82) is 0 Å². The Kier molecular flexibility index (Phi) is 3.65. The average Bonchev–Trinajstić information content (AvgIpc) is 3.07. The summed E-state index contributed by atoms with van der Waals surface area (Å²) in [6.45, 7) is 0.508. The van der Waals surface area contributed by atoms with Gasteiger partial charge in [-0.3, -0.25) is 4.79 Å². The van der Waals surface area contributed by atoms with Crippen molar-refractivity contribution in [2.24, 2.45) is 0 Å². The van der Waals surface area contributed by atoms with Gasteiger partial charge in [-0.05, 0) is 39.9 Å². The molecule has 0 fully saturated rings. The van der Waals surface area contributed by atoms with E-state index >= 15 is 0 Å². The smallest absolute Gasteiger partial charge is 0.278 e. The molecule has 4 nitrogen and oxygen atoms in total. The van der Waals surface area contributed by atoms with Crippen molar-refractivity contribution in [3.05, 3.63) is 114 Å². The molecule has 2 aliphatic rings.